The number of hydrogen-bond acceptors (Lipinski definition) is 7. The summed E-state index contributed by atoms with van der Waals surface area (Å²) in [6.45, 7) is 5.23. The Bertz CT molecular complexity index is 1180. The van der Waals surface area contributed by atoms with Crippen LogP contribution >= 0.6 is 11.8 Å². The number of carbonyl (C=O) groups is 1. The summed E-state index contributed by atoms with van der Waals surface area (Å²) in [5.41, 5.74) is 0.501. The monoisotopic (exact) mass is 496 g/mol. The summed E-state index contributed by atoms with van der Waals surface area (Å²) in [7, 11) is 1.25. The zero-order chi connectivity index (χ0) is 25.0. The van der Waals surface area contributed by atoms with E-state index in [2.05, 4.69) is 34.1 Å². The molecule has 1 aliphatic rings. The van der Waals surface area contributed by atoms with Crippen molar-refractivity contribution in [1.29, 1.82) is 0 Å². The predicted octanol–water partition coefficient (Wildman–Crippen LogP) is 3.86. The molecule has 0 saturated carbocycles. The number of alkyl halides is 3. The van der Waals surface area contributed by atoms with E-state index in [1.165, 1.54) is 25.2 Å². The zero-order valence-corrected chi connectivity index (χ0v) is 20.2. The summed E-state index contributed by atoms with van der Waals surface area (Å²) < 4.78 is 42.5. The molecule has 3 heterocycles. The van der Waals surface area contributed by atoms with Gasteiger partial charge in [-0.15, -0.1) is 11.8 Å². The Hall–Kier alpha value is -2.86. The second-order valence-corrected chi connectivity index (χ2v) is 8.48. The number of nitrogens with zero attached hydrogens (tertiary/aromatic N) is 5. The molecule has 0 saturated heterocycles. The van der Waals surface area contributed by atoms with E-state index in [-0.39, 0.29) is 19.1 Å². The molecule has 1 aliphatic heterocycles. The molecule has 12 heteroatoms. The summed E-state index contributed by atoms with van der Waals surface area (Å²) in [4.78, 5) is 26.6. The first-order chi connectivity index (χ1) is 16.2. The van der Waals surface area contributed by atoms with Crippen LogP contribution in [0.3, 0.4) is 0 Å². The van der Waals surface area contributed by atoms with E-state index in [9.17, 15) is 23.1 Å². The van der Waals surface area contributed by atoms with Gasteiger partial charge in [0.15, 0.2) is 5.69 Å². The molecule has 0 spiro atoms. The minimum Gasteiger partial charge on any atom is -0.392 e. The van der Waals surface area contributed by atoms with Gasteiger partial charge in [-0.1, -0.05) is 20.3 Å². The van der Waals surface area contributed by atoms with Crippen LogP contribution in [0.2, 0.25) is 0 Å². The standard InChI is InChI=1S/C19H19F3N6O2S.C3H8/c1-23-17(30)11-7-24-18(26-16(11)19(20,21)22)27-3-4-28-13-6-14(31-2)10(9-29)5-12(13)25-15(28)8-27;1-3-2/h5-7,29H,3-4,8-9H2,1-2H3,(H,23,30);3H2,1-2H3. The molecule has 0 atom stereocenters. The smallest absolute Gasteiger partial charge is 0.392 e. The Morgan fingerprint density at radius 1 is 1.24 bits per heavy atom. The van der Waals surface area contributed by atoms with Gasteiger partial charge in [0.05, 0.1) is 29.7 Å². The first-order valence-electron chi connectivity index (χ1n) is 10.8. The van der Waals surface area contributed by atoms with Gasteiger partial charge in [0.25, 0.3) is 5.91 Å². The minimum absolute atomic E-state index is 0.105. The van der Waals surface area contributed by atoms with Gasteiger partial charge in [-0.2, -0.15) is 13.2 Å². The molecule has 8 nitrogen and oxygen atoms in total. The van der Waals surface area contributed by atoms with E-state index >= 15 is 0 Å². The lowest BCUT2D eigenvalue weighted by Crippen LogP contribution is -2.36. The van der Waals surface area contributed by atoms with Crippen LogP contribution in [0.1, 0.15) is 47.7 Å². The fourth-order valence-corrected chi connectivity index (χ4v) is 4.23. The van der Waals surface area contributed by atoms with Gasteiger partial charge in [0.1, 0.15) is 5.82 Å². The molecular weight excluding hydrogens is 469 g/mol. The predicted molar refractivity (Wildman–Crippen MR) is 125 cm³/mol. The van der Waals surface area contributed by atoms with Crippen LogP contribution in [0.25, 0.3) is 11.0 Å². The van der Waals surface area contributed by atoms with E-state index < -0.39 is 23.3 Å². The Kier molecular flexibility index (Phi) is 8.03. The number of fused-ring (bicyclic) bond motifs is 3. The topological polar surface area (TPSA) is 96.2 Å². The van der Waals surface area contributed by atoms with Crippen molar-refractivity contribution in [2.45, 2.75) is 51.0 Å². The van der Waals surface area contributed by atoms with E-state index in [0.29, 0.717) is 24.4 Å². The van der Waals surface area contributed by atoms with Crippen LogP contribution in [0.15, 0.2) is 23.2 Å². The summed E-state index contributed by atoms with van der Waals surface area (Å²) >= 11 is 1.52. The van der Waals surface area contributed by atoms with Crippen molar-refractivity contribution in [3.8, 4) is 0 Å². The van der Waals surface area contributed by atoms with E-state index in [1.807, 2.05) is 23.0 Å². The van der Waals surface area contributed by atoms with Gasteiger partial charge in [0, 0.05) is 31.2 Å². The van der Waals surface area contributed by atoms with Crippen LogP contribution in [0, 0.1) is 0 Å². The number of aliphatic hydroxyl groups is 1. The fraction of sp³-hybridized carbons (Fsp3) is 0.455. The third-order valence-electron chi connectivity index (χ3n) is 5.12. The molecular formula is C22H27F3N6O2S. The third kappa shape index (κ3) is 5.12. The molecule has 0 fully saturated rings. The quantitative estimate of drug-likeness (QED) is 0.530. The number of anilines is 1. The molecule has 3 aromatic rings. The van der Waals surface area contributed by atoms with Gasteiger partial charge < -0.3 is 19.9 Å². The Labute approximate surface area is 199 Å². The van der Waals surface area contributed by atoms with Crippen molar-refractivity contribution in [3.05, 3.63) is 41.0 Å². The molecule has 0 aliphatic carbocycles. The van der Waals surface area contributed by atoms with Crippen LogP contribution in [0.4, 0.5) is 19.1 Å². The molecule has 2 N–H and O–H groups in total. The lowest BCUT2D eigenvalue weighted by molar-refractivity contribution is -0.141. The molecule has 184 valence electrons. The molecule has 34 heavy (non-hydrogen) atoms. The Balaban J connectivity index is 0.00000103. The molecule has 0 unspecified atom stereocenters. The number of aromatic nitrogens is 4. The van der Waals surface area contributed by atoms with Crippen molar-refractivity contribution in [1.82, 2.24) is 24.8 Å². The van der Waals surface area contributed by atoms with Crippen LogP contribution in [-0.4, -0.2) is 50.4 Å². The lowest BCUT2D eigenvalue weighted by atomic mass is 10.2. The largest absolute Gasteiger partial charge is 0.434 e. The Morgan fingerprint density at radius 3 is 2.53 bits per heavy atom. The minimum atomic E-state index is -4.79. The van der Waals surface area contributed by atoms with Gasteiger partial charge in [-0.3, -0.25) is 4.79 Å². The van der Waals surface area contributed by atoms with Crippen molar-refractivity contribution in [2.75, 3.05) is 24.7 Å². The van der Waals surface area contributed by atoms with Gasteiger partial charge >= 0.3 is 6.18 Å². The van der Waals surface area contributed by atoms with Gasteiger partial charge in [-0.25, -0.2) is 15.0 Å². The average Bonchev–Trinajstić information content (AvgIpc) is 3.18. The number of imidazole rings is 1. The highest BCUT2D eigenvalue weighted by Crippen LogP contribution is 2.33. The number of rotatable bonds is 4. The highest BCUT2D eigenvalue weighted by atomic mass is 32.2. The van der Waals surface area contributed by atoms with Crippen molar-refractivity contribution in [2.24, 2.45) is 0 Å². The molecule has 0 radical (unpaired) electrons. The SMILES string of the molecule is CCC.CNC(=O)c1cnc(N2CCn3c(nc4cc(CO)c(SC)cc43)C2)nc1C(F)(F)F. The number of benzene rings is 1. The fourth-order valence-electron chi connectivity index (χ4n) is 3.61. The lowest BCUT2D eigenvalue weighted by Gasteiger charge is -2.28. The third-order valence-corrected chi connectivity index (χ3v) is 5.94. The Morgan fingerprint density at radius 2 is 1.94 bits per heavy atom. The summed E-state index contributed by atoms with van der Waals surface area (Å²) in [6, 6.07) is 3.79. The number of amides is 1. The zero-order valence-electron chi connectivity index (χ0n) is 19.4. The van der Waals surface area contributed by atoms with Crippen LogP contribution in [-0.2, 0) is 25.9 Å². The summed E-state index contributed by atoms with van der Waals surface area (Å²) in [5, 5.41) is 11.8. The van der Waals surface area contributed by atoms with Crippen molar-refractivity contribution in [3.63, 3.8) is 0 Å². The summed E-state index contributed by atoms with van der Waals surface area (Å²) in [6.07, 6.45) is -0.717. The molecule has 1 aromatic carbocycles. The average molecular weight is 497 g/mol. The van der Waals surface area contributed by atoms with E-state index in [0.717, 1.165) is 22.2 Å². The maximum Gasteiger partial charge on any atom is 0.434 e. The second kappa shape index (κ2) is 10.6. The number of carbonyl (C=O) groups excluding carboxylic acids is 1. The van der Waals surface area contributed by atoms with E-state index in [1.54, 1.807) is 4.90 Å². The highest BCUT2D eigenvalue weighted by molar-refractivity contribution is 7.98. The highest BCUT2D eigenvalue weighted by Gasteiger charge is 2.38. The maximum atomic E-state index is 13.5. The number of hydrogen-bond donors (Lipinski definition) is 2. The maximum absolute atomic E-state index is 13.5. The summed E-state index contributed by atoms with van der Waals surface area (Å²) in [5.74, 6) is -0.348. The molecule has 1 amide bonds. The van der Waals surface area contributed by atoms with Crippen LogP contribution in [0.5, 0.6) is 0 Å². The molecule has 2 aromatic heterocycles. The second-order valence-electron chi connectivity index (χ2n) is 7.63. The first-order valence-corrected chi connectivity index (χ1v) is 12.0. The number of thioether (sulfide) groups is 1. The normalized spacial score (nSPS) is 13.4. The molecule has 4 rings (SSSR count). The van der Waals surface area contributed by atoms with Gasteiger partial charge in [-0.05, 0) is 24.0 Å². The van der Waals surface area contributed by atoms with Gasteiger partial charge in [0.2, 0.25) is 5.95 Å². The first kappa shape index (κ1) is 25.8. The van der Waals surface area contributed by atoms with Crippen molar-refractivity contribution < 1.29 is 23.1 Å². The van der Waals surface area contributed by atoms with Crippen molar-refractivity contribution >= 4 is 34.7 Å². The van der Waals surface area contributed by atoms with E-state index in [4.69, 9.17) is 0 Å². The number of nitrogens with one attached hydrogen (secondary N) is 1. The number of halogens is 3. The van der Waals surface area contributed by atoms with Crippen LogP contribution < -0.4 is 10.2 Å². The number of aliphatic hydroxyl groups excluding tert-OH is 1. The molecule has 0 bridgehead atoms.